The molecule has 5 nitrogen and oxygen atoms in total. The first-order chi connectivity index (χ1) is 8.76. The van der Waals surface area contributed by atoms with Crippen LogP contribution >= 0.6 is 0 Å². The number of halogens is 1. The van der Waals surface area contributed by atoms with E-state index in [-0.39, 0.29) is 16.7 Å². The molecule has 0 aliphatic heterocycles. The summed E-state index contributed by atoms with van der Waals surface area (Å²) in [5.41, 5.74) is -0.713. The number of nitrogens with zero attached hydrogens (tertiary/aromatic N) is 1. The molecule has 0 aromatic heterocycles. The average molecular weight is 268 g/mol. The molecule has 0 fully saturated rings. The maximum absolute atomic E-state index is 13.5. The second kappa shape index (κ2) is 5.77. The van der Waals surface area contributed by atoms with Crippen molar-refractivity contribution in [2.24, 2.45) is 5.41 Å². The Bertz CT molecular complexity index is 501. The molecule has 0 atom stereocenters. The molecule has 0 saturated carbocycles. The SMILES string of the molecule is CCC(C)(C)CNC(=O)c1cc([N+](=O)[O-])ccc1F. The number of non-ortho nitro benzene ring substituents is 1. The lowest BCUT2D eigenvalue weighted by molar-refractivity contribution is -0.384. The zero-order chi connectivity index (χ0) is 14.6. The van der Waals surface area contributed by atoms with Gasteiger partial charge in [0.2, 0.25) is 0 Å². The third-order valence-corrected chi connectivity index (χ3v) is 3.09. The summed E-state index contributed by atoms with van der Waals surface area (Å²) in [6.07, 6.45) is 0.852. The van der Waals surface area contributed by atoms with Crippen molar-refractivity contribution in [1.82, 2.24) is 5.32 Å². The van der Waals surface area contributed by atoms with Crippen molar-refractivity contribution in [2.45, 2.75) is 27.2 Å². The number of rotatable bonds is 5. The Balaban J connectivity index is 2.88. The van der Waals surface area contributed by atoms with Crippen LogP contribution in [0.4, 0.5) is 10.1 Å². The van der Waals surface area contributed by atoms with Gasteiger partial charge in [0, 0.05) is 18.7 Å². The quantitative estimate of drug-likeness (QED) is 0.659. The van der Waals surface area contributed by atoms with E-state index < -0.39 is 16.6 Å². The fraction of sp³-hybridized carbons (Fsp3) is 0.462. The number of benzene rings is 1. The van der Waals surface area contributed by atoms with Gasteiger partial charge in [-0.1, -0.05) is 20.8 Å². The Morgan fingerprint density at radius 3 is 2.63 bits per heavy atom. The van der Waals surface area contributed by atoms with Crippen LogP contribution < -0.4 is 5.32 Å². The number of nitrogens with one attached hydrogen (secondary N) is 1. The minimum atomic E-state index is -0.766. The molecule has 1 rings (SSSR count). The van der Waals surface area contributed by atoms with Gasteiger partial charge in [-0.15, -0.1) is 0 Å². The van der Waals surface area contributed by atoms with Crippen molar-refractivity contribution in [3.8, 4) is 0 Å². The first kappa shape index (κ1) is 15.1. The fourth-order valence-corrected chi connectivity index (χ4v) is 1.34. The predicted molar refractivity (Wildman–Crippen MR) is 69.5 cm³/mol. The normalized spacial score (nSPS) is 11.2. The third kappa shape index (κ3) is 4.01. The van der Waals surface area contributed by atoms with Crippen LogP contribution in [-0.4, -0.2) is 17.4 Å². The van der Waals surface area contributed by atoms with E-state index in [0.717, 1.165) is 24.6 Å². The van der Waals surface area contributed by atoms with Crippen LogP contribution in [0.25, 0.3) is 0 Å². The monoisotopic (exact) mass is 268 g/mol. The Morgan fingerprint density at radius 2 is 2.11 bits per heavy atom. The summed E-state index contributed by atoms with van der Waals surface area (Å²) in [4.78, 5) is 21.8. The van der Waals surface area contributed by atoms with Crippen LogP contribution in [-0.2, 0) is 0 Å². The van der Waals surface area contributed by atoms with Crippen LogP contribution in [0.5, 0.6) is 0 Å². The molecule has 1 N–H and O–H groups in total. The van der Waals surface area contributed by atoms with Gasteiger partial charge in [0.05, 0.1) is 10.5 Å². The minimum absolute atomic E-state index is 0.104. The van der Waals surface area contributed by atoms with Crippen molar-refractivity contribution in [3.05, 3.63) is 39.7 Å². The lowest BCUT2D eigenvalue weighted by Gasteiger charge is -2.22. The van der Waals surface area contributed by atoms with E-state index in [9.17, 15) is 19.3 Å². The van der Waals surface area contributed by atoms with Crippen molar-refractivity contribution in [1.29, 1.82) is 0 Å². The van der Waals surface area contributed by atoms with E-state index in [2.05, 4.69) is 5.32 Å². The van der Waals surface area contributed by atoms with E-state index in [0.29, 0.717) is 6.54 Å². The zero-order valence-electron chi connectivity index (χ0n) is 11.2. The summed E-state index contributed by atoms with van der Waals surface area (Å²) in [6.45, 7) is 6.30. The highest BCUT2D eigenvalue weighted by Crippen LogP contribution is 2.19. The summed E-state index contributed by atoms with van der Waals surface area (Å²) in [5, 5.41) is 13.2. The summed E-state index contributed by atoms with van der Waals surface area (Å²) in [7, 11) is 0. The number of hydrogen-bond donors (Lipinski definition) is 1. The van der Waals surface area contributed by atoms with E-state index >= 15 is 0 Å². The molecular formula is C13H17FN2O3. The Hall–Kier alpha value is -1.98. The lowest BCUT2D eigenvalue weighted by atomic mass is 9.90. The van der Waals surface area contributed by atoms with Gasteiger partial charge in [-0.3, -0.25) is 14.9 Å². The van der Waals surface area contributed by atoms with Crippen LogP contribution in [0.1, 0.15) is 37.6 Å². The molecule has 19 heavy (non-hydrogen) atoms. The number of nitro benzene ring substituents is 1. The van der Waals surface area contributed by atoms with Crippen molar-refractivity contribution in [2.75, 3.05) is 6.54 Å². The van der Waals surface area contributed by atoms with Gasteiger partial charge >= 0.3 is 0 Å². The number of hydrogen-bond acceptors (Lipinski definition) is 3. The number of carbonyl (C=O) groups is 1. The molecular weight excluding hydrogens is 251 g/mol. The van der Waals surface area contributed by atoms with Crippen LogP contribution in [0, 0.1) is 21.3 Å². The van der Waals surface area contributed by atoms with E-state index in [4.69, 9.17) is 0 Å². The van der Waals surface area contributed by atoms with Gasteiger partial charge in [-0.2, -0.15) is 0 Å². The van der Waals surface area contributed by atoms with Gasteiger partial charge < -0.3 is 5.32 Å². The second-order valence-corrected chi connectivity index (χ2v) is 5.12. The lowest BCUT2D eigenvalue weighted by Crippen LogP contribution is -2.34. The summed E-state index contributed by atoms with van der Waals surface area (Å²) in [5.74, 6) is -1.40. The highest BCUT2D eigenvalue weighted by atomic mass is 19.1. The van der Waals surface area contributed by atoms with Crippen molar-refractivity contribution < 1.29 is 14.1 Å². The first-order valence-corrected chi connectivity index (χ1v) is 5.99. The van der Waals surface area contributed by atoms with Gasteiger partial charge in [-0.25, -0.2) is 4.39 Å². The van der Waals surface area contributed by atoms with Gasteiger partial charge in [0.15, 0.2) is 0 Å². The summed E-state index contributed by atoms with van der Waals surface area (Å²) >= 11 is 0. The molecule has 0 unspecified atom stereocenters. The molecule has 0 bridgehead atoms. The first-order valence-electron chi connectivity index (χ1n) is 5.99. The predicted octanol–water partition coefficient (Wildman–Crippen LogP) is 2.90. The molecule has 6 heteroatoms. The van der Waals surface area contributed by atoms with E-state index in [1.54, 1.807) is 0 Å². The Labute approximate surface area is 111 Å². The molecule has 0 radical (unpaired) electrons. The number of nitro groups is 1. The van der Waals surface area contributed by atoms with Gasteiger partial charge in [-0.05, 0) is 17.9 Å². The molecule has 1 amide bonds. The zero-order valence-corrected chi connectivity index (χ0v) is 11.2. The number of carbonyl (C=O) groups excluding carboxylic acids is 1. The highest BCUT2D eigenvalue weighted by Gasteiger charge is 2.20. The molecule has 0 aliphatic carbocycles. The van der Waals surface area contributed by atoms with Crippen LogP contribution in [0.3, 0.4) is 0 Å². The molecule has 1 aromatic rings. The van der Waals surface area contributed by atoms with E-state index in [1.807, 2.05) is 20.8 Å². The minimum Gasteiger partial charge on any atom is -0.351 e. The van der Waals surface area contributed by atoms with E-state index in [1.165, 1.54) is 0 Å². The van der Waals surface area contributed by atoms with Crippen LogP contribution in [0.2, 0.25) is 0 Å². The molecule has 104 valence electrons. The molecule has 0 aliphatic rings. The standard InChI is InChI=1S/C13H17FN2O3/c1-4-13(2,3)8-15-12(17)10-7-9(16(18)19)5-6-11(10)14/h5-7H,4,8H2,1-3H3,(H,15,17). The topological polar surface area (TPSA) is 72.2 Å². The molecule has 0 heterocycles. The average Bonchev–Trinajstić information content (AvgIpc) is 2.36. The van der Waals surface area contributed by atoms with Gasteiger partial charge in [0.25, 0.3) is 11.6 Å². The Kier molecular flexibility index (Phi) is 4.58. The van der Waals surface area contributed by atoms with Crippen molar-refractivity contribution in [3.63, 3.8) is 0 Å². The maximum atomic E-state index is 13.5. The molecule has 1 aromatic carbocycles. The molecule has 0 spiro atoms. The van der Waals surface area contributed by atoms with Gasteiger partial charge in [0.1, 0.15) is 5.82 Å². The summed E-state index contributed by atoms with van der Waals surface area (Å²) in [6, 6.07) is 2.91. The number of amides is 1. The van der Waals surface area contributed by atoms with Crippen LogP contribution in [0.15, 0.2) is 18.2 Å². The summed E-state index contributed by atoms with van der Waals surface area (Å²) < 4.78 is 13.5. The van der Waals surface area contributed by atoms with Crippen molar-refractivity contribution >= 4 is 11.6 Å². The maximum Gasteiger partial charge on any atom is 0.270 e. The highest BCUT2D eigenvalue weighted by molar-refractivity contribution is 5.95. The third-order valence-electron chi connectivity index (χ3n) is 3.09. The molecule has 0 saturated heterocycles. The Morgan fingerprint density at radius 1 is 1.47 bits per heavy atom. The fourth-order valence-electron chi connectivity index (χ4n) is 1.34. The smallest absolute Gasteiger partial charge is 0.270 e. The second-order valence-electron chi connectivity index (χ2n) is 5.12. The largest absolute Gasteiger partial charge is 0.351 e.